The van der Waals surface area contributed by atoms with Gasteiger partial charge in [-0.1, -0.05) is 26.3 Å². The van der Waals surface area contributed by atoms with Crippen molar-refractivity contribution < 1.29 is 9.52 Å². The number of hydrogen-bond donors (Lipinski definition) is 1. The summed E-state index contributed by atoms with van der Waals surface area (Å²) in [5.41, 5.74) is 4.30. The number of likely N-dealkylation sites (tertiary alicyclic amines) is 1. The Hall–Kier alpha value is -1.74. The van der Waals surface area contributed by atoms with Crippen LogP contribution in [0.2, 0.25) is 0 Å². The van der Waals surface area contributed by atoms with Crippen LogP contribution in [0.15, 0.2) is 34.9 Å². The largest absolute Gasteiger partial charge is 0.508 e. The molecule has 4 rings (SSSR count). The van der Waals surface area contributed by atoms with Crippen LogP contribution in [0.25, 0.3) is 0 Å². The van der Waals surface area contributed by atoms with E-state index in [0.29, 0.717) is 17.7 Å². The molecule has 2 bridgehead atoms. The molecule has 1 fully saturated rings. The van der Waals surface area contributed by atoms with Crippen molar-refractivity contribution >= 4 is 0 Å². The molecule has 0 unspecified atom stereocenters. The summed E-state index contributed by atoms with van der Waals surface area (Å²) in [6, 6.07) is 8.66. The van der Waals surface area contributed by atoms with Crippen LogP contribution in [-0.2, 0) is 18.4 Å². The lowest BCUT2D eigenvalue weighted by Crippen LogP contribution is -2.59. The van der Waals surface area contributed by atoms with Crippen molar-refractivity contribution in [3.63, 3.8) is 0 Å². The number of piperidine rings is 1. The summed E-state index contributed by atoms with van der Waals surface area (Å²) in [4.78, 5) is 2.64. The lowest BCUT2D eigenvalue weighted by Gasteiger charge is -2.57. The Bertz CT molecular complexity index is 765. The third kappa shape index (κ3) is 2.52. The van der Waals surface area contributed by atoms with Crippen molar-refractivity contribution in [2.75, 3.05) is 6.54 Å². The first-order valence-corrected chi connectivity index (χ1v) is 9.68. The van der Waals surface area contributed by atoms with Crippen molar-refractivity contribution in [1.82, 2.24) is 4.90 Å². The zero-order valence-electron chi connectivity index (χ0n) is 15.6. The lowest BCUT2D eigenvalue weighted by molar-refractivity contribution is 0.000674. The number of phenolic OH excluding ortho intramolecular Hbond substituents is 1. The van der Waals surface area contributed by atoms with Crippen LogP contribution in [0.4, 0.5) is 0 Å². The van der Waals surface area contributed by atoms with Crippen LogP contribution in [-0.4, -0.2) is 22.6 Å². The molecular weight excluding hydrogens is 310 g/mol. The van der Waals surface area contributed by atoms with Gasteiger partial charge in [-0.3, -0.25) is 4.90 Å². The molecule has 134 valence electrons. The molecule has 1 N–H and O–H groups in total. The van der Waals surface area contributed by atoms with Gasteiger partial charge >= 0.3 is 0 Å². The van der Waals surface area contributed by atoms with E-state index in [2.05, 4.69) is 37.8 Å². The third-order valence-corrected chi connectivity index (χ3v) is 6.93. The van der Waals surface area contributed by atoms with E-state index in [1.807, 2.05) is 12.1 Å². The standard InChI is InChI=1S/C22H29NO2/c1-4-18-20-12-16-6-7-17(24)13-19(16)22(18,5-2)9-10-23(20)14-21-15(3)8-11-25-21/h6-8,11,13,18,20,24H,4-5,9-10,12,14H2,1-3H3/t18-,20+,22+/m0/s1. The van der Waals surface area contributed by atoms with E-state index in [-0.39, 0.29) is 5.41 Å². The number of aryl methyl sites for hydroxylation is 1. The lowest BCUT2D eigenvalue weighted by atomic mass is 9.55. The Labute approximate surface area is 150 Å². The van der Waals surface area contributed by atoms with Gasteiger partial charge in [0.15, 0.2) is 0 Å². The van der Waals surface area contributed by atoms with Gasteiger partial charge in [-0.2, -0.15) is 0 Å². The maximum Gasteiger partial charge on any atom is 0.120 e. The van der Waals surface area contributed by atoms with Gasteiger partial charge in [0.2, 0.25) is 0 Å². The van der Waals surface area contributed by atoms with Crippen LogP contribution in [0.5, 0.6) is 5.75 Å². The number of furan rings is 1. The topological polar surface area (TPSA) is 36.6 Å². The molecule has 25 heavy (non-hydrogen) atoms. The summed E-state index contributed by atoms with van der Waals surface area (Å²) < 4.78 is 5.74. The number of fused-ring (bicyclic) bond motifs is 4. The summed E-state index contributed by atoms with van der Waals surface area (Å²) in [5.74, 6) is 2.15. The van der Waals surface area contributed by atoms with Crippen LogP contribution in [0.1, 0.15) is 55.6 Å². The van der Waals surface area contributed by atoms with Crippen LogP contribution < -0.4 is 0 Å². The summed E-state index contributed by atoms with van der Waals surface area (Å²) in [6.07, 6.45) is 6.37. The van der Waals surface area contributed by atoms with E-state index in [1.165, 1.54) is 23.1 Å². The molecule has 3 nitrogen and oxygen atoms in total. The molecule has 0 spiro atoms. The van der Waals surface area contributed by atoms with E-state index < -0.39 is 0 Å². The highest BCUT2D eigenvalue weighted by Crippen LogP contribution is 2.53. The number of aromatic hydroxyl groups is 1. The van der Waals surface area contributed by atoms with Crippen LogP contribution in [0, 0.1) is 12.8 Å². The number of benzene rings is 1. The van der Waals surface area contributed by atoms with E-state index in [9.17, 15) is 5.11 Å². The molecule has 2 aliphatic rings. The number of rotatable bonds is 4. The molecule has 1 saturated heterocycles. The molecule has 2 aromatic rings. The maximum absolute atomic E-state index is 10.1. The van der Waals surface area contributed by atoms with Gasteiger partial charge in [-0.25, -0.2) is 0 Å². The van der Waals surface area contributed by atoms with E-state index >= 15 is 0 Å². The summed E-state index contributed by atoms with van der Waals surface area (Å²) in [6.45, 7) is 8.80. The zero-order valence-corrected chi connectivity index (χ0v) is 15.6. The maximum atomic E-state index is 10.1. The van der Waals surface area contributed by atoms with Crippen LogP contribution in [0.3, 0.4) is 0 Å². The highest BCUT2D eigenvalue weighted by molar-refractivity contribution is 5.44. The first-order valence-electron chi connectivity index (χ1n) is 9.68. The monoisotopic (exact) mass is 339 g/mol. The summed E-state index contributed by atoms with van der Waals surface area (Å²) in [5, 5.41) is 10.1. The normalized spacial score (nSPS) is 28.8. The molecule has 1 aliphatic carbocycles. The molecule has 2 heterocycles. The molecule has 3 atom stereocenters. The Morgan fingerprint density at radius 2 is 2.12 bits per heavy atom. The third-order valence-electron chi connectivity index (χ3n) is 6.93. The Morgan fingerprint density at radius 3 is 2.80 bits per heavy atom. The second kappa shape index (κ2) is 6.21. The van der Waals surface area contributed by atoms with Crippen LogP contribution >= 0.6 is 0 Å². The number of nitrogens with zero attached hydrogens (tertiary/aromatic N) is 1. The first kappa shape index (κ1) is 16.7. The SMILES string of the molecule is CC[C@H]1[C@H]2Cc3ccc(O)cc3[C@]1(CC)CCN2Cc1occc1C. The average molecular weight is 339 g/mol. The smallest absolute Gasteiger partial charge is 0.120 e. The van der Waals surface area contributed by atoms with Crippen molar-refractivity contribution in [3.05, 3.63) is 53.0 Å². The van der Waals surface area contributed by atoms with Gasteiger partial charge in [0, 0.05) is 11.5 Å². The highest BCUT2D eigenvalue weighted by atomic mass is 16.3. The second-order valence-electron chi connectivity index (χ2n) is 7.88. The molecule has 0 amide bonds. The fraction of sp³-hybridized carbons (Fsp3) is 0.545. The van der Waals surface area contributed by atoms with Gasteiger partial charge in [0.25, 0.3) is 0 Å². The molecule has 3 heteroatoms. The van der Waals surface area contributed by atoms with Gasteiger partial charge in [-0.05, 0) is 73.5 Å². The van der Waals surface area contributed by atoms with Crippen molar-refractivity contribution in [2.24, 2.45) is 5.92 Å². The van der Waals surface area contributed by atoms with E-state index in [4.69, 9.17) is 4.42 Å². The van der Waals surface area contributed by atoms with Crippen molar-refractivity contribution in [2.45, 2.75) is 64.5 Å². The van der Waals surface area contributed by atoms with Gasteiger partial charge in [0.05, 0.1) is 12.8 Å². The predicted octanol–water partition coefficient (Wildman–Crippen LogP) is 4.80. The Morgan fingerprint density at radius 1 is 1.28 bits per heavy atom. The summed E-state index contributed by atoms with van der Waals surface area (Å²) >= 11 is 0. The second-order valence-corrected chi connectivity index (χ2v) is 7.88. The fourth-order valence-corrected chi connectivity index (χ4v) is 5.59. The summed E-state index contributed by atoms with van der Waals surface area (Å²) in [7, 11) is 0. The Balaban J connectivity index is 1.74. The van der Waals surface area contributed by atoms with Gasteiger partial charge < -0.3 is 9.52 Å². The minimum atomic E-state index is 0.209. The Kier molecular flexibility index (Phi) is 4.15. The van der Waals surface area contributed by atoms with Gasteiger partial charge in [0.1, 0.15) is 11.5 Å². The fourth-order valence-electron chi connectivity index (χ4n) is 5.59. The molecule has 0 saturated carbocycles. The van der Waals surface area contributed by atoms with Crippen molar-refractivity contribution in [3.8, 4) is 5.75 Å². The zero-order chi connectivity index (χ0) is 17.6. The molecular formula is C22H29NO2. The van der Waals surface area contributed by atoms with E-state index in [0.717, 1.165) is 38.1 Å². The molecule has 0 radical (unpaired) electrons. The minimum absolute atomic E-state index is 0.209. The predicted molar refractivity (Wildman–Crippen MR) is 99.8 cm³/mol. The highest BCUT2D eigenvalue weighted by Gasteiger charge is 2.51. The van der Waals surface area contributed by atoms with Crippen molar-refractivity contribution in [1.29, 1.82) is 0 Å². The molecule has 1 aromatic heterocycles. The number of phenols is 1. The molecule has 1 aromatic carbocycles. The first-order chi connectivity index (χ1) is 12.1. The minimum Gasteiger partial charge on any atom is -0.508 e. The van der Waals surface area contributed by atoms with Gasteiger partial charge in [-0.15, -0.1) is 0 Å². The molecule has 1 aliphatic heterocycles. The average Bonchev–Trinajstić information content (AvgIpc) is 3.02. The van der Waals surface area contributed by atoms with E-state index in [1.54, 1.807) is 6.26 Å². The number of hydrogen-bond acceptors (Lipinski definition) is 3. The quantitative estimate of drug-likeness (QED) is 0.869.